The van der Waals surface area contributed by atoms with E-state index in [0.717, 1.165) is 11.8 Å². The van der Waals surface area contributed by atoms with Crippen molar-refractivity contribution in [3.05, 3.63) is 46.4 Å². The van der Waals surface area contributed by atoms with Crippen LogP contribution < -0.4 is 5.32 Å². The quantitative estimate of drug-likeness (QED) is 0.865. The summed E-state index contributed by atoms with van der Waals surface area (Å²) in [5.74, 6) is -0.873. The van der Waals surface area contributed by atoms with Crippen LogP contribution in [0.15, 0.2) is 24.3 Å². The highest BCUT2D eigenvalue weighted by Gasteiger charge is 2.13. The van der Waals surface area contributed by atoms with Crippen molar-refractivity contribution >= 4 is 23.3 Å². The number of halogens is 2. The van der Waals surface area contributed by atoms with Crippen LogP contribution in [0.5, 0.6) is 0 Å². The van der Waals surface area contributed by atoms with E-state index in [2.05, 4.69) is 15.5 Å². The Bertz CT molecular complexity index is 568. The highest BCUT2D eigenvalue weighted by molar-refractivity contribution is 6.31. The summed E-state index contributed by atoms with van der Waals surface area (Å²) in [6.07, 6.45) is 0. The van der Waals surface area contributed by atoms with E-state index in [4.69, 9.17) is 11.6 Å². The third-order valence-electron chi connectivity index (χ3n) is 2.12. The first-order valence-corrected chi connectivity index (χ1v) is 5.22. The second-order valence-corrected chi connectivity index (χ2v) is 3.95. The Morgan fingerprint density at radius 2 is 2.24 bits per heavy atom. The van der Waals surface area contributed by atoms with E-state index in [1.165, 1.54) is 12.1 Å². The molecule has 0 aliphatic carbocycles. The smallest absolute Gasteiger partial charge is 0.259 e. The third-order valence-corrected chi connectivity index (χ3v) is 2.36. The number of aryl methyl sites for hydroxylation is 1. The molecular formula is C11H9ClFN3O. The molecule has 1 heterocycles. The summed E-state index contributed by atoms with van der Waals surface area (Å²) >= 11 is 5.70. The fourth-order valence-electron chi connectivity index (χ4n) is 1.34. The standard InChI is InChI=1S/C11H9ClFN3O/c1-6-4-10(16-15-6)14-11(17)8-5-7(12)2-3-9(8)13/h2-5H,1H3,(H2,14,15,16,17). The molecule has 0 radical (unpaired) electrons. The fourth-order valence-corrected chi connectivity index (χ4v) is 1.51. The molecule has 2 rings (SSSR count). The van der Waals surface area contributed by atoms with Gasteiger partial charge in [-0.25, -0.2) is 4.39 Å². The number of amides is 1. The van der Waals surface area contributed by atoms with Gasteiger partial charge in [-0.1, -0.05) is 11.6 Å². The van der Waals surface area contributed by atoms with Crippen LogP contribution in [0.25, 0.3) is 0 Å². The average molecular weight is 254 g/mol. The van der Waals surface area contributed by atoms with E-state index in [1.807, 2.05) is 0 Å². The molecule has 17 heavy (non-hydrogen) atoms. The molecular weight excluding hydrogens is 245 g/mol. The number of nitrogens with one attached hydrogen (secondary N) is 2. The second kappa shape index (κ2) is 4.55. The molecule has 1 aromatic carbocycles. The summed E-state index contributed by atoms with van der Waals surface area (Å²) in [6, 6.07) is 5.44. The van der Waals surface area contributed by atoms with Crippen LogP contribution in [-0.2, 0) is 0 Å². The lowest BCUT2D eigenvalue weighted by Gasteiger charge is -2.03. The van der Waals surface area contributed by atoms with Gasteiger partial charge in [0.05, 0.1) is 5.56 Å². The van der Waals surface area contributed by atoms with Crippen LogP contribution in [0, 0.1) is 12.7 Å². The third kappa shape index (κ3) is 2.62. The number of carbonyl (C=O) groups is 1. The number of anilines is 1. The van der Waals surface area contributed by atoms with Crippen molar-refractivity contribution in [3.8, 4) is 0 Å². The maximum atomic E-state index is 13.4. The molecule has 0 fully saturated rings. The second-order valence-electron chi connectivity index (χ2n) is 3.51. The first kappa shape index (κ1) is 11.6. The lowest BCUT2D eigenvalue weighted by Crippen LogP contribution is -2.14. The highest BCUT2D eigenvalue weighted by Crippen LogP contribution is 2.16. The summed E-state index contributed by atoms with van der Waals surface area (Å²) in [7, 11) is 0. The van der Waals surface area contributed by atoms with Gasteiger partial charge in [-0.3, -0.25) is 9.89 Å². The summed E-state index contributed by atoms with van der Waals surface area (Å²) < 4.78 is 13.4. The van der Waals surface area contributed by atoms with Crippen LogP contribution in [-0.4, -0.2) is 16.1 Å². The number of H-pyrrole nitrogens is 1. The van der Waals surface area contributed by atoms with E-state index in [1.54, 1.807) is 13.0 Å². The monoisotopic (exact) mass is 253 g/mol. The van der Waals surface area contributed by atoms with Crippen LogP contribution >= 0.6 is 11.6 Å². The van der Waals surface area contributed by atoms with Gasteiger partial charge in [-0.15, -0.1) is 0 Å². The molecule has 0 bridgehead atoms. The zero-order chi connectivity index (χ0) is 12.4. The number of hydrogen-bond acceptors (Lipinski definition) is 2. The van der Waals surface area contributed by atoms with E-state index < -0.39 is 11.7 Å². The largest absolute Gasteiger partial charge is 0.305 e. The van der Waals surface area contributed by atoms with Crippen LogP contribution in [0.4, 0.5) is 10.2 Å². The molecule has 0 spiro atoms. The van der Waals surface area contributed by atoms with Crippen molar-refractivity contribution in [2.75, 3.05) is 5.32 Å². The maximum absolute atomic E-state index is 13.4. The van der Waals surface area contributed by atoms with Crippen molar-refractivity contribution in [1.29, 1.82) is 0 Å². The Hall–Kier alpha value is -1.88. The molecule has 2 aromatic rings. The van der Waals surface area contributed by atoms with Gasteiger partial charge in [0, 0.05) is 16.8 Å². The van der Waals surface area contributed by atoms with Crippen molar-refractivity contribution in [2.24, 2.45) is 0 Å². The number of aromatic amines is 1. The lowest BCUT2D eigenvalue weighted by molar-refractivity contribution is 0.102. The number of nitrogens with zero attached hydrogens (tertiary/aromatic N) is 1. The molecule has 88 valence electrons. The Balaban J connectivity index is 2.22. The molecule has 2 N–H and O–H groups in total. The van der Waals surface area contributed by atoms with Gasteiger partial charge in [-0.2, -0.15) is 5.10 Å². The van der Waals surface area contributed by atoms with Crippen LogP contribution in [0.2, 0.25) is 5.02 Å². The Labute approximate surface area is 102 Å². The molecule has 1 aromatic heterocycles. The van der Waals surface area contributed by atoms with Crippen molar-refractivity contribution in [1.82, 2.24) is 10.2 Å². The zero-order valence-electron chi connectivity index (χ0n) is 8.92. The van der Waals surface area contributed by atoms with Crippen molar-refractivity contribution in [2.45, 2.75) is 6.92 Å². The van der Waals surface area contributed by atoms with E-state index in [9.17, 15) is 9.18 Å². The minimum absolute atomic E-state index is 0.113. The van der Waals surface area contributed by atoms with Gasteiger partial charge < -0.3 is 5.32 Å². The summed E-state index contributed by atoms with van der Waals surface area (Å²) in [5, 5.41) is 9.26. The number of hydrogen-bond donors (Lipinski definition) is 2. The van der Waals surface area contributed by atoms with Gasteiger partial charge >= 0.3 is 0 Å². The highest BCUT2D eigenvalue weighted by atomic mass is 35.5. The average Bonchev–Trinajstić information content (AvgIpc) is 2.67. The predicted octanol–water partition coefficient (Wildman–Crippen LogP) is 2.76. The normalized spacial score (nSPS) is 10.3. The summed E-state index contributed by atoms with van der Waals surface area (Å²) in [5.41, 5.74) is 0.685. The molecule has 0 aliphatic heterocycles. The van der Waals surface area contributed by atoms with Gasteiger partial charge in [0.25, 0.3) is 5.91 Å². The van der Waals surface area contributed by atoms with Gasteiger partial charge in [0.2, 0.25) is 0 Å². The molecule has 0 saturated heterocycles. The number of rotatable bonds is 2. The van der Waals surface area contributed by atoms with E-state index in [0.29, 0.717) is 10.8 Å². The number of aromatic nitrogens is 2. The molecule has 1 amide bonds. The van der Waals surface area contributed by atoms with Crippen LogP contribution in [0.1, 0.15) is 16.1 Å². The minimum Gasteiger partial charge on any atom is -0.305 e. The Morgan fingerprint density at radius 3 is 2.88 bits per heavy atom. The maximum Gasteiger partial charge on any atom is 0.259 e. The summed E-state index contributed by atoms with van der Waals surface area (Å²) in [6.45, 7) is 1.79. The first-order chi connectivity index (χ1) is 8.06. The van der Waals surface area contributed by atoms with E-state index >= 15 is 0 Å². The fraction of sp³-hybridized carbons (Fsp3) is 0.0909. The SMILES string of the molecule is Cc1cc(NC(=O)c2cc(Cl)ccc2F)n[nH]1. The first-order valence-electron chi connectivity index (χ1n) is 4.84. The molecule has 6 heteroatoms. The predicted molar refractivity (Wildman–Crippen MR) is 62.7 cm³/mol. The van der Waals surface area contributed by atoms with Gasteiger partial charge in [0.1, 0.15) is 5.82 Å². The minimum atomic E-state index is -0.626. The Kier molecular flexibility index (Phi) is 3.10. The zero-order valence-corrected chi connectivity index (χ0v) is 9.68. The van der Waals surface area contributed by atoms with Crippen LogP contribution in [0.3, 0.4) is 0 Å². The van der Waals surface area contributed by atoms with Crippen molar-refractivity contribution in [3.63, 3.8) is 0 Å². The lowest BCUT2D eigenvalue weighted by atomic mass is 10.2. The topological polar surface area (TPSA) is 57.8 Å². The Morgan fingerprint density at radius 1 is 1.47 bits per heavy atom. The van der Waals surface area contributed by atoms with Gasteiger partial charge in [0.15, 0.2) is 5.82 Å². The van der Waals surface area contributed by atoms with Gasteiger partial charge in [-0.05, 0) is 25.1 Å². The molecule has 0 saturated carbocycles. The van der Waals surface area contributed by atoms with Crippen molar-refractivity contribution < 1.29 is 9.18 Å². The number of carbonyl (C=O) groups excluding carboxylic acids is 1. The number of benzene rings is 1. The summed E-state index contributed by atoms with van der Waals surface area (Å²) in [4.78, 5) is 11.7. The molecule has 0 unspecified atom stereocenters. The van der Waals surface area contributed by atoms with E-state index in [-0.39, 0.29) is 5.56 Å². The molecule has 0 aliphatic rings. The molecule has 4 nitrogen and oxygen atoms in total. The molecule has 0 atom stereocenters.